The maximum atomic E-state index is 13.0. The first-order valence-corrected chi connectivity index (χ1v) is 10.2. The van der Waals surface area contributed by atoms with E-state index in [0.717, 1.165) is 55.3 Å². The molecular weight excluding hydrogens is 340 g/mol. The van der Waals surface area contributed by atoms with Crippen molar-refractivity contribution in [2.45, 2.75) is 45.4 Å². The van der Waals surface area contributed by atoms with Gasteiger partial charge in [0.15, 0.2) is 5.76 Å². The van der Waals surface area contributed by atoms with Crippen molar-refractivity contribution in [3.05, 3.63) is 35.6 Å². The van der Waals surface area contributed by atoms with Gasteiger partial charge in [0.25, 0.3) is 5.91 Å². The van der Waals surface area contributed by atoms with Gasteiger partial charge >= 0.3 is 0 Å². The summed E-state index contributed by atoms with van der Waals surface area (Å²) < 4.78 is 5.83. The minimum Gasteiger partial charge on any atom is -0.451 e. The van der Waals surface area contributed by atoms with E-state index in [2.05, 4.69) is 4.90 Å². The number of nitrogens with zero attached hydrogens (tertiary/aromatic N) is 2. The molecule has 27 heavy (non-hydrogen) atoms. The molecule has 0 unspecified atom stereocenters. The Bertz CT molecular complexity index is 825. The van der Waals surface area contributed by atoms with E-state index in [0.29, 0.717) is 24.8 Å². The fourth-order valence-electron chi connectivity index (χ4n) is 4.40. The molecule has 5 heteroatoms. The van der Waals surface area contributed by atoms with Crippen molar-refractivity contribution in [1.29, 1.82) is 0 Å². The van der Waals surface area contributed by atoms with Crippen LogP contribution in [-0.2, 0) is 4.79 Å². The van der Waals surface area contributed by atoms with E-state index in [9.17, 15) is 9.59 Å². The monoisotopic (exact) mass is 368 g/mol. The van der Waals surface area contributed by atoms with Crippen LogP contribution in [0.4, 0.5) is 0 Å². The van der Waals surface area contributed by atoms with Crippen molar-refractivity contribution in [2.75, 3.05) is 26.2 Å². The molecule has 4 rings (SSSR count). The van der Waals surface area contributed by atoms with Crippen LogP contribution in [0, 0.1) is 12.8 Å². The zero-order chi connectivity index (χ0) is 18.8. The second-order valence-electron chi connectivity index (χ2n) is 7.86. The molecule has 0 bridgehead atoms. The minimum absolute atomic E-state index is 0.0515. The Kier molecular flexibility index (Phi) is 5.19. The third-order valence-electron chi connectivity index (χ3n) is 6.09. The van der Waals surface area contributed by atoms with Crippen LogP contribution in [0.25, 0.3) is 11.0 Å². The average molecular weight is 368 g/mol. The molecule has 2 aliphatic rings. The summed E-state index contributed by atoms with van der Waals surface area (Å²) in [6, 6.07) is 7.75. The first-order chi connectivity index (χ1) is 13.1. The Morgan fingerprint density at radius 3 is 2.26 bits per heavy atom. The molecule has 0 aliphatic carbocycles. The summed E-state index contributed by atoms with van der Waals surface area (Å²) >= 11 is 0. The molecule has 0 spiro atoms. The molecule has 2 fully saturated rings. The molecule has 5 nitrogen and oxygen atoms in total. The van der Waals surface area contributed by atoms with Gasteiger partial charge in [-0.15, -0.1) is 0 Å². The second-order valence-corrected chi connectivity index (χ2v) is 7.86. The number of furan rings is 1. The van der Waals surface area contributed by atoms with Crippen molar-refractivity contribution in [3.63, 3.8) is 0 Å². The lowest BCUT2D eigenvalue weighted by molar-refractivity contribution is -0.136. The van der Waals surface area contributed by atoms with Gasteiger partial charge < -0.3 is 14.2 Å². The topological polar surface area (TPSA) is 53.8 Å². The molecule has 0 N–H and O–H groups in total. The van der Waals surface area contributed by atoms with E-state index >= 15 is 0 Å². The van der Waals surface area contributed by atoms with Crippen LogP contribution >= 0.6 is 0 Å². The molecule has 0 radical (unpaired) electrons. The lowest BCUT2D eigenvalue weighted by Gasteiger charge is -2.33. The van der Waals surface area contributed by atoms with E-state index in [1.807, 2.05) is 36.1 Å². The minimum atomic E-state index is -0.0515. The number of carbonyl (C=O) groups is 2. The summed E-state index contributed by atoms with van der Waals surface area (Å²) in [5, 5.41) is 0.993. The van der Waals surface area contributed by atoms with E-state index in [1.165, 1.54) is 12.8 Å². The van der Waals surface area contributed by atoms with Gasteiger partial charge in [-0.2, -0.15) is 0 Å². The van der Waals surface area contributed by atoms with Gasteiger partial charge in [-0.25, -0.2) is 0 Å². The van der Waals surface area contributed by atoms with Crippen LogP contribution in [0.2, 0.25) is 0 Å². The van der Waals surface area contributed by atoms with Crippen molar-refractivity contribution in [1.82, 2.24) is 9.80 Å². The Labute approximate surface area is 160 Å². The van der Waals surface area contributed by atoms with Crippen molar-refractivity contribution >= 4 is 22.8 Å². The van der Waals surface area contributed by atoms with E-state index in [1.54, 1.807) is 0 Å². The van der Waals surface area contributed by atoms with Crippen molar-refractivity contribution in [3.8, 4) is 0 Å². The van der Waals surface area contributed by atoms with Crippen molar-refractivity contribution < 1.29 is 14.0 Å². The zero-order valence-corrected chi connectivity index (χ0v) is 16.1. The van der Waals surface area contributed by atoms with Crippen molar-refractivity contribution in [2.24, 2.45) is 5.92 Å². The average Bonchev–Trinajstić information content (AvgIpc) is 2.88. The molecule has 1 aromatic heterocycles. The first-order valence-electron chi connectivity index (χ1n) is 10.2. The van der Waals surface area contributed by atoms with Gasteiger partial charge in [-0.3, -0.25) is 9.59 Å². The molecule has 3 heterocycles. The summed E-state index contributed by atoms with van der Waals surface area (Å²) in [4.78, 5) is 29.7. The summed E-state index contributed by atoms with van der Waals surface area (Å²) in [5.41, 5.74) is 1.66. The van der Waals surface area contributed by atoms with Gasteiger partial charge in [-0.1, -0.05) is 31.0 Å². The Morgan fingerprint density at radius 1 is 0.926 bits per heavy atom. The number of benzene rings is 1. The van der Waals surface area contributed by atoms with E-state index < -0.39 is 0 Å². The number of rotatable bonds is 2. The Morgan fingerprint density at radius 2 is 1.59 bits per heavy atom. The predicted molar refractivity (Wildman–Crippen MR) is 105 cm³/mol. The molecule has 0 saturated carbocycles. The Hall–Kier alpha value is -2.30. The normalized spacial score (nSPS) is 19.3. The highest BCUT2D eigenvalue weighted by Crippen LogP contribution is 2.28. The molecule has 1 aromatic carbocycles. The first kappa shape index (κ1) is 18.1. The second kappa shape index (κ2) is 7.75. The fourth-order valence-corrected chi connectivity index (χ4v) is 4.40. The lowest BCUT2D eigenvalue weighted by atomic mass is 9.94. The number of likely N-dealkylation sites (tertiary alicyclic amines) is 2. The van der Waals surface area contributed by atoms with Crippen LogP contribution in [0.5, 0.6) is 0 Å². The van der Waals surface area contributed by atoms with E-state index in [-0.39, 0.29) is 11.8 Å². The van der Waals surface area contributed by atoms with Gasteiger partial charge in [-0.05, 0) is 38.7 Å². The number of piperidine rings is 1. The van der Waals surface area contributed by atoms with Gasteiger partial charge in [0, 0.05) is 43.0 Å². The summed E-state index contributed by atoms with van der Waals surface area (Å²) in [5.74, 6) is 0.741. The smallest absolute Gasteiger partial charge is 0.289 e. The number of hydrogen-bond acceptors (Lipinski definition) is 3. The number of fused-ring (bicyclic) bond motifs is 1. The number of hydrogen-bond donors (Lipinski definition) is 0. The number of amides is 2. The predicted octanol–water partition coefficient (Wildman–Crippen LogP) is 4.00. The van der Waals surface area contributed by atoms with Crippen LogP contribution in [0.3, 0.4) is 0 Å². The zero-order valence-electron chi connectivity index (χ0n) is 16.1. The van der Waals surface area contributed by atoms with Crippen LogP contribution < -0.4 is 0 Å². The maximum absolute atomic E-state index is 13.0. The highest BCUT2D eigenvalue weighted by Gasteiger charge is 2.32. The van der Waals surface area contributed by atoms with Crippen LogP contribution in [0.1, 0.15) is 54.6 Å². The lowest BCUT2D eigenvalue weighted by Crippen LogP contribution is -2.44. The quantitative estimate of drug-likeness (QED) is 0.805. The maximum Gasteiger partial charge on any atom is 0.289 e. The summed E-state index contributed by atoms with van der Waals surface area (Å²) in [6.07, 6.45) is 6.20. The third kappa shape index (κ3) is 3.60. The summed E-state index contributed by atoms with van der Waals surface area (Å²) in [6.45, 7) is 4.99. The largest absolute Gasteiger partial charge is 0.451 e. The third-order valence-corrected chi connectivity index (χ3v) is 6.09. The van der Waals surface area contributed by atoms with Gasteiger partial charge in [0.1, 0.15) is 5.58 Å². The SMILES string of the molecule is Cc1c(C(=O)N2CCC(C(=O)N3CCCCCC3)CC2)oc2ccccc12. The van der Waals surface area contributed by atoms with Gasteiger partial charge in [0.2, 0.25) is 5.91 Å². The highest BCUT2D eigenvalue weighted by atomic mass is 16.3. The van der Waals surface area contributed by atoms with Crippen LogP contribution in [0.15, 0.2) is 28.7 Å². The van der Waals surface area contributed by atoms with E-state index in [4.69, 9.17) is 4.42 Å². The summed E-state index contributed by atoms with van der Waals surface area (Å²) in [7, 11) is 0. The molecule has 2 aromatic rings. The number of carbonyl (C=O) groups excluding carboxylic acids is 2. The molecule has 144 valence electrons. The molecule has 2 amide bonds. The molecular formula is C22H28N2O3. The number of para-hydroxylation sites is 1. The highest BCUT2D eigenvalue weighted by molar-refractivity contribution is 5.99. The Balaban J connectivity index is 1.40. The standard InChI is InChI=1S/C22H28N2O3/c1-16-18-8-4-5-9-19(18)27-20(16)22(26)24-14-10-17(11-15-24)21(25)23-12-6-2-3-7-13-23/h4-5,8-9,17H,2-3,6-7,10-15H2,1H3. The molecule has 0 atom stereocenters. The van der Waals surface area contributed by atoms with Gasteiger partial charge in [0.05, 0.1) is 0 Å². The fraction of sp³-hybridized carbons (Fsp3) is 0.545. The molecule has 2 aliphatic heterocycles. The van der Waals surface area contributed by atoms with Crippen LogP contribution in [-0.4, -0.2) is 47.8 Å². The molecule has 2 saturated heterocycles. The number of aryl methyl sites for hydroxylation is 1.